The molecule has 0 aromatic heterocycles. The largest absolute Gasteiger partial charge is 0.493 e. The van der Waals surface area contributed by atoms with Gasteiger partial charge in [0.2, 0.25) is 0 Å². The molecule has 2 aromatic carbocycles. The molecule has 6 heteroatoms. The van der Waals surface area contributed by atoms with E-state index in [0.29, 0.717) is 23.0 Å². The van der Waals surface area contributed by atoms with Crippen LogP contribution in [-0.4, -0.2) is 62.7 Å². The van der Waals surface area contributed by atoms with Gasteiger partial charge in [0.1, 0.15) is 0 Å². The third-order valence-corrected chi connectivity index (χ3v) is 6.37. The molecule has 1 amide bonds. The van der Waals surface area contributed by atoms with Crippen molar-refractivity contribution >= 4 is 5.91 Å². The number of hydrogen-bond acceptors (Lipinski definition) is 5. The summed E-state index contributed by atoms with van der Waals surface area (Å²) in [6, 6.07) is 15.2. The summed E-state index contributed by atoms with van der Waals surface area (Å²) in [5, 5.41) is 8.95. The molecule has 0 saturated carbocycles. The van der Waals surface area contributed by atoms with E-state index < -0.39 is 0 Å². The minimum atomic E-state index is 0.0815. The molecule has 2 bridgehead atoms. The molecule has 0 radical (unpaired) electrons. The molecule has 2 atom stereocenters. The van der Waals surface area contributed by atoms with Crippen LogP contribution in [0.1, 0.15) is 27.9 Å². The fraction of sp³-hybridized carbons (Fsp3) is 0.440. The molecule has 2 aromatic rings. The topological polar surface area (TPSA) is 65.8 Å². The number of rotatable bonds is 6. The number of benzene rings is 2. The maximum atomic E-state index is 12.9. The molecule has 2 aliphatic heterocycles. The van der Waals surface area contributed by atoms with E-state index in [1.165, 1.54) is 12.0 Å². The van der Waals surface area contributed by atoms with Crippen molar-refractivity contribution in [3.8, 4) is 17.6 Å². The SMILES string of the molecule is COc1ccc(CCN2CC3CC(C2)CN(C(=O)c2ccc(C#N)cc2)C3)cc1OC. The molecule has 0 aliphatic carbocycles. The van der Waals surface area contributed by atoms with E-state index in [9.17, 15) is 4.79 Å². The summed E-state index contributed by atoms with van der Waals surface area (Å²) in [6.07, 6.45) is 2.16. The third-order valence-electron chi connectivity index (χ3n) is 6.37. The van der Waals surface area contributed by atoms with Crippen molar-refractivity contribution in [2.75, 3.05) is 46.9 Å². The summed E-state index contributed by atoms with van der Waals surface area (Å²) < 4.78 is 10.7. The van der Waals surface area contributed by atoms with Crippen molar-refractivity contribution in [3.05, 3.63) is 59.2 Å². The molecule has 162 valence electrons. The monoisotopic (exact) mass is 419 g/mol. The molecule has 2 saturated heterocycles. The highest BCUT2D eigenvalue weighted by atomic mass is 16.5. The molecule has 6 nitrogen and oxygen atoms in total. The lowest BCUT2D eigenvalue weighted by Gasteiger charge is -2.46. The van der Waals surface area contributed by atoms with Crippen LogP contribution in [0, 0.1) is 23.2 Å². The maximum absolute atomic E-state index is 12.9. The van der Waals surface area contributed by atoms with Gasteiger partial charge in [-0.25, -0.2) is 0 Å². The summed E-state index contributed by atoms with van der Waals surface area (Å²) in [4.78, 5) is 17.5. The number of likely N-dealkylation sites (tertiary alicyclic amines) is 2. The van der Waals surface area contributed by atoms with E-state index in [1.54, 1.807) is 38.5 Å². The number of carbonyl (C=O) groups excluding carboxylic acids is 1. The Labute approximate surface area is 184 Å². The Kier molecular flexibility index (Phi) is 6.43. The first-order valence-corrected chi connectivity index (χ1v) is 10.8. The van der Waals surface area contributed by atoms with Gasteiger partial charge in [0.05, 0.1) is 25.9 Å². The maximum Gasteiger partial charge on any atom is 0.253 e. The van der Waals surface area contributed by atoms with Crippen molar-refractivity contribution < 1.29 is 14.3 Å². The summed E-state index contributed by atoms with van der Waals surface area (Å²) in [7, 11) is 3.32. The Morgan fingerprint density at radius 1 is 1.00 bits per heavy atom. The number of amides is 1. The third kappa shape index (κ3) is 4.83. The Morgan fingerprint density at radius 2 is 1.68 bits per heavy atom. The van der Waals surface area contributed by atoms with Gasteiger partial charge in [-0.1, -0.05) is 6.07 Å². The molecule has 4 rings (SSSR count). The highest BCUT2D eigenvalue weighted by molar-refractivity contribution is 5.94. The van der Waals surface area contributed by atoms with Gasteiger partial charge in [-0.15, -0.1) is 0 Å². The highest BCUT2D eigenvalue weighted by Crippen LogP contribution is 2.31. The fourth-order valence-electron chi connectivity index (χ4n) is 4.93. The van der Waals surface area contributed by atoms with Crippen molar-refractivity contribution in [1.82, 2.24) is 9.80 Å². The van der Waals surface area contributed by atoms with E-state index in [-0.39, 0.29) is 5.91 Å². The lowest BCUT2D eigenvalue weighted by molar-refractivity contribution is 0.0266. The van der Waals surface area contributed by atoms with E-state index in [4.69, 9.17) is 14.7 Å². The number of nitrogens with zero attached hydrogens (tertiary/aromatic N) is 3. The quantitative estimate of drug-likeness (QED) is 0.719. The predicted octanol–water partition coefficient (Wildman–Crippen LogP) is 3.21. The van der Waals surface area contributed by atoms with Gasteiger partial charge < -0.3 is 19.3 Å². The highest BCUT2D eigenvalue weighted by Gasteiger charge is 2.35. The number of carbonyl (C=O) groups is 1. The van der Waals surface area contributed by atoms with E-state index in [0.717, 1.165) is 50.6 Å². The van der Waals surface area contributed by atoms with Crippen LogP contribution in [0.4, 0.5) is 0 Å². The smallest absolute Gasteiger partial charge is 0.253 e. The number of hydrogen-bond donors (Lipinski definition) is 0. The van der Waals surface area contributed by atoms with Gasteiger partial charge in [-0.05, 0) is 66.6 Å². The van der Waals surface area contributed by atoms with E-state index >= 15 is 0 Å². The summed E-state index contributed by atoms with van der Waals surface area (Å²) in [5.74, 6) is 2.64. The molecule has 0 spiro atoms. The number of fused-ring (bicyclic) bond motifs is 2. The lowest BCUT2D eigenvalue weighted by Crippen LogP contribution is -2.54. The van der Waals surface area contributed by atoms with Gasteiger partial charge in [-0.3, -0.25) is 4.79 Å². The standard InChI is InChI=1S/C25H29N3O3/c1-30-23-8-5-18(12-24(23)31-2)9-10-27-14-20-11-21(15-27)17-28(16-20)25(29)22-6-3-19(13-26)4-7-22/h3-8,12,20-21H,9-11,14-17H2,1-2H3. The normalized spacial score (nSPS) is 20.7. The van der Waals surface area contributed by atoms with Crippen molar-refractivity contribution in [3.63, 3.8) is 0 Å². The van der Waals surface area contributed by atoms with Crippen LogP contribution in [0.15, 0.2) is 42.5 Å². The van der Waals surface area contributed by atoms with E-state index in [2.05, 4.69) is 23.1 Å². The zero-order valence-corrected chi connectivity index (χ0v) is 18.2. The van der Waals surface area contributed by atoms with Gasteiger partial charge in [-0.2, -0.15) is 5.26 Å². The van der Waals surface area contributed by atoms with Gasteiger partial charge in [0.25, 0.3) is 5.91 Å². The second-order valence-corrected chi connectivity index (χ2v) is 8.57. The minimum Gasteiger partial charge on any atom is -0.493 e. The molecule has 2 fully saturated rings. The summed E-state index contributed by atoms with van der Waals surface area (Å²) in [6.45, 7) is 4.68. The second kappa shape index (κ2) is 9.40. The Morgan fingerprint density at radius 3 is 2.29 bits per heavy atom. The summed E-state index contributed by atoms with van der Waals surface area (Å²) >= 11 is 0. The van der Waals surface area contributed by atoms with Crippen LogP contribution in [0.5, 0.6) is 11.5 Å². The van der Waals surface area contributed by atoms with Crippen LogP contribution < -0.4 is 9.47 Å². The number of piperidine rings is 2. The molecular formula is C25H29N3O3. The molecular weight excluding hydrogens is 390 g/mol. The van der Waals surface area contributed by atoms with Crippen molar-refractivity contribution in [2.24, 2.45) is 11.8 Å². The Balaban J connectivity index is 1.33. The first-order chi connectivity index (χ1) is 15.1. The van der Waals surface area contributed by atoms with Crippen LogP contribution in [0.2, 0.25) is 0 Å². The average Bonchev–Trinajstić information content (AvgIpc) is 2.81. The van der Waals surface area contributed by atoms with Gasteiger partial charge in [0.15, 0.2) is 11.5 Å². The van der Waals surface area contributed by atoms with Crippen LogP contribution in [-0.2, 0) is 6.42 Å². The zero-order valence-electron chi connectivity index (χ0n) is 18.2. The predicted molar refractivity (Wildman–Crippen MR) is 118 cm³/mol. The first-order valence-electron chi connectivity index (χ1n) is 10.8. The van der Waals surface area contributed by atoms with Gasteiger partial charge >= 0.3 is 0 Å². The Bertz CT molecular complexity index is 953. The molecule has 2 heterocycles. The van der Waals surface area contributed by atoms with Gasteiger partial charge in [0, 0.05) is 38.3 Å². The number of nitriles is 1. The Hall–Kier alpha value is -3.04. The number of ether oxygens (including phenoxy) is 2. The fourth-order valence-corrected chi connectivity index (χ4v) is 4.93. The molecule has 0 N–H and O–H groups in total. The van der Waals surface area contributed by atoms with E-state index in [1.807, 2.05) is 11.0 Å². The van der Waals surface area contributed by atoms with Crippen LogP contribution in [0.3, 0.4) is 0 Å². The molecule has 2 unspecified atom stereocenters. The number of methoxy groups -OCH3 is 2. The second-order valence-electron chi connectivity index (χ2n) is 8.57. The first kappa shape index (κ1) is 21.2. The molecule has 31 heavy (non-hydrogen) atoms. The average molecular weight is 420 g/mol. The zero-order chi connectivity index (χ0) is 21.8. The molecule has 2 aliphatic rings. The van der Waals surface area contributed by atoms with Crippen LogP contribution >= 0.6 is 0 Å². The summed E-state index contributed by atoms with van der Waals surface area (Å²) in [5.41, 5.74) is 2.49. The van der Waals surface area contributed by atoms with Crippen molar-refractivity contribution in [1.29, 1.82) is 5.26 Å². The van der Waals surface area contributed by atoms with Crippen LogP contribution in [0.25, 0.3) is 0 Å². The van der Waals surface area contributed by atoms with Crippen molar-refractivity contribution in [2.45, 2.75) is 12.8 Å². The minimum absolute atomic E-state index is 0.0815. The lowest BCUT2D eigenvalue weighted by atomic mass is 9.84.